The molecule has 4 heteroatoms. The SMILES string of the molecule is CN(C)CC(C)(C)COC(=O)c1ccc(N)c2ccccc12. The van der Waals surface area contributed by atoms with Gasteiger partial charge in [0, 0.05) is 23.0 Å². The summed E-state index contributed by atoms with van der Waals surface area (Å²) in [6, 6.07) is 11.1. The first-order valence-corrected chi connectivity index (χ1v) is 7.39. The number of benzene rings is 2. The molecule has 4 nitrogen and oxygen atoms in total. The van der Waals surface area contributed by atoms with E-state index in [1.807, 2.05) is 38.4 Å². The van der Waals surface area contributed by atoms with Crippen molar-refractivity contribution in [2.24, 2.45) is 5.41 Å². The summed E-state index contributed by atoms with van der Waals surface area (Å²) in [4.78, 5) is 14.5. The lowest BCUT2D eigenvalue weighted by Crippen LogP contribution is -2.33. The van der Waals surface area contributed by atoms with E-state index >= 15 is 0 Å². The Labute approximate surface area is 131 Å². The molecular formula is C18H24N2O2. The van der Waals surface area contributed by atoms with Crippen molar-refractivity contribution < 1.29 is 9.53 Å². The number of carbonyl (C=O) groups excluding carboxylic acids is 1. The number of nitrogens with zero attached hydrogens (tertiary/aromatic N) is 1. The molecule has 0 amide bonds. The van der Waals surface area contributed by atoms with Gasteiger partial charge in [-0.1, -0.05) is 38.1 Å². The van der Waals surface area contributed by atoms with Crippen LogP contribution < -0.4 is 5.73 Å². The van der Waals surface area contributed by atoms with E-state index in [4.69, 9.17) is 10.5 Å². The average Bonchev–Trinajstić information content (AvgIpc) is 2.44. The summed E-state index contributed by atoms with van der Waals surface area (Å²) >= 11 is 0. The highest BCUT2D eigenvalue weighted by atomic mass is 16.5. The van der Waals surface area contributed by atoms with Gasteiger partial charge in [0.05, 0.1) is 12.2 Å². The molecule has 0 aromatic heterocycles. The fourth-order valence-electron chi connectivity index (χ4n) is 2.74. The normalized spacial score (nSPS) is 11.9. The van der Waals surface area contributed by atoms with Crippen molar-refractivity contribution >= 4 is 22.4 Å². The number of nitrogens with two attached hydrogens (primary N) is 1. The molecule has 0 spiro atoms. The van der Waals surface area contributed by atoms with Gasteiger partial charge in [0.2, 0.25) is 0 Å². The predicted octanol–water partition coefficient (Wildman–Crippen LogP) is 3.17. The lowest BCUT2D eigenvalue weighted by atomic mass is 9.94. The smallest absolute Gasteiger partial charge is 0.338 e. The van der Waals surface area contributed by atoms with Crippen LogP contribution in [0.5, 0.6) is 0 Å². The number of carbonyl (C=O) groups is 1. The highest BCUT2D eigenvalue weighted by Crippen LogP contribution is 2.26. The van der Waals surface area contributed by atoms with Gasteiger partial charge in [-0.15, -0.1) is 0 Å². The van der Waals surface area contributed by atoms with Crippen LogP contribution in [-0.4, -0.2) is 38.1 Å². The molecule has 0 saturated heterocycles. The Bertz CT molecular complexity index is 678. The van der Waals surface area contributed by atoms with E-state index in [1.165, 1.54) is 0 Å². The van der Waals surface area contributed by atoms with Gasteiger partial charge in [0.15, 0.2) is 0 Å². The van der Waals surface area contributed by atoms with E-state index < -0.39 is 0 Å². The molecule has 0 saturated carbocycles. The van der Waals surface area contributed by atoms with E-state index in [9.17, 15) is 4.79 Å². The number of ether oxygens (including phenoxy) is 1. The molecule has 0 aliphatic rings. The third-order valence-corrected chi connectivity index (χ3v) is 3.52. The van der Waals surface area contributed by atoms with Gasteiger partial charge in [-0.25, -0.2) is 4.79 Å². The Kier molecular flexibility index (Phi) is 4.71. The Morgan fingerprint density at radius 3 is 2.41 bits per heavy atom. The Morgan fingerprint density at radius 1 is 1.14 bits per heavy atom. The number of fused-ring (bicyclic) bond motifs is 1. The lowest BCUT2D eigenvalue weighted by molar-refractivity contribution is 0.0300. The van der Waals surface area contributed by atoms with E-state index in [0.29, 0.717) is 17.9 Å². The first-order valence-electron chi connectivity index (χ1n) is 7.39. The minimum Gasteiger partial charge on any atom is -0.461 e. The van der Waals surface area contributed by atoms with Gasteiger partial charge in [-0.2, -0.15) is 0 Å². The van der Waals surface area contributed by atoms with Gasteiger partial charge >= 0.3 is 5.97 Å². The predicted molar refractivity (Wildman–Crippen MR) is 91.0 cm³/mol. The van der Waals surface area contributed by atoms with Crippen LogP contribution >= 0.6 is 0 Å². The third kappa shape index (κ3) is 3.77. The maximum atomic E-state index is 12.4. The topological polar surface area (TPSA) is 55.6 Å². The highest BCUT2D eigenvalue weighted by molar-refractivity contribution is 6.07. The standard InChI is InChI=1S/C18H24N2O2/c1-18(2,11-20(3)4)12-22-17(21)15-9-10-16(19)14-8-6-5-7-13(14)15/h5-10H,11-12,19H2,1-4H3. The van der Waals surface area contributed by atoms with E-state index in [-0.39, 0.29) is 11.4 Å². The second-order valence-electron chi connectivity index (χ2n) is 6.73. The van der Waals surface area contributed by atoms with Gasteiger partial charge in [0.25, 0.3) is 0 Å². The molecular weight excluding hydrogens is 276 g/mol. The summed E-state index contributed by atoms with van der Waals surface area (Å²) in [7, 11) is 4.02. The summed E-state index contributed by atoms with van der Waals surface area (Å²) in [6.45, 7) is 5.40. The maximum absolute atomic E-state index is 12.4. The molecule has 2 aromatic rings. The van der Waals surface area contributed by atoms with Crippen molar-refractivity contribution in [2.75, 3.05) is 33.0 Å². The Hall–Kier alpha value is -2.07. The van der Waals surface area contributed by atoms with Crippen LogP contribution in [0, 0.1) is 5.41 Å². The van der Waals surface area contributed by atoms with Crippen molar-refractivity contribution in [3.8, 4) is 0 Å². The van der Waals surface area contributed by atoms with Crippen LogP contribution in [0.3, 0.4) is 0 Å². The summed E-state index contributed by atoms with van der Waals surface area (Å²) in [5.41, 5.74) is 7.10. The molecule has 0 heterocycles. The molecule has 0 aliphatic heterocycles. The van der Waals surface area contributed by atoms with Crippen LogP contribution in [0.4, 0.5) is 5.69 Å². The zero-order chi connectivity index (χ0) is 16.3. The van der Waals surface area contributed by atoms with Crippen LogP contribution in [0.1, 0.15) is 24.2 Å². The number of hydrogen-bond donors (Lipinski definition) is 1. The molecule has 0 fully saturated rings. The Balaban J connectivity index is 2.19. The molecule has 0 radical (unpaired) electrons. The maximum Gasteiger partial charge on any atom is 0.338 e. The zero-order valence-corrected chi connectivity index (χ0v) is 13.7. The van der Waals surface area contributed by atoms with Crippen LogP contribution in [0.2, 0.25) is 0 Å². The number of nitrogen functional groups attached to an aromatic ring is 1. The Morgan fingerprint density at radius 2 is 1.77 bits per heavy atom. The third-order valence-electron chi connectivity index (χ3n) is 3.52. The highest BCUT2D eigenvalue weighted by Gasteiger charge is 2.22. The van der Waals surface area contributed by atoms with E-state index in [0.717, 1.165) is 17.3 Å². The van der Waals surface area contributed by atoms with Gasteiger partial charge in [0.1, 0.15) is 0 Å². The van der Waals surface area contributed by atoms with Crippen molar-refractivity contribution in [1.82, 2.24) is 4.90 Å². The minimum absolute atomic E-state index is 0.0945. The fourth-order valence-corrected chi connectivity index (χ4v) is 2.74. The minimum atomic E-state index is -0.303. The van der Waals surface area contributed by atoms with Gasteiger partial charge in [-0.3, -0.25) is 0 Å². The van der Waals surface area contributed by atoms with Crippen molar-refractivity contribution in [3.05, 3.63) is 42.0 Å². The van der Waals surface area contributed by atoms with E-state index in [1.54, 1.807) is 12.1 Å². The summed E-state index contributed by atoms with van der Waals surface area (Å²) in [5.74, 6) is -0.303. The van der Waals surface area contributed by atoms with Crippen molar-refractivity contribution in [1.29, 1.82) is 0 Å². The van der Waals surface area contributed by atoms with E-state index in [2.05, 4.69) is 18.7 Å². The fraction of sp³-hybridized carbons (Fsp3) is 0.389. The van der Waals surface area contributed by atoms with Crippen molar-refractivity contribution in [3.63, 3.8) is 0 Å². The number of esters is 1. The summed E-state index contributed by atoms with van der Waals surface area (Å²) < 4.78 is 5.54. The van der Waals surface area contributed by atoms with Crippen LogP contribution in [-0.2, 0) is 4.74 Å². The molecule has 2 rings (SSSR count). The molecule has 22 heavy (non-hydrogen) atoms. The van der Waals surface area contributed by atoms with Gasteiger partial charge < -0.3 is 15.4 Å². The molecule has 118 valence electrons. The van der Waals surface area contributed by atoms with Crippen molar-refractivity contribution in [2.45, 2.75) is 13.8 Å². The van der Waals surface area contributed by atoms with Crippen LogP contribution in [0.25, 0.3) is 10.8 Å². The zero-order valence-electron chi connectivity index (χ0n) is 13.7. The number of anilines is 1. The molecule has 0 aliphatic carbocycles. The molecule has 0 bridgehead atoms. The molecule has 2 N–H and O–H groups in total. The van der Waals surface area contributed by atoms with Crippen LogP contribution in [0.15, 0.2) is 36.4 Å². The molecule has 2 aromatic carbocycles. The first-order chi connectivity index (χ1) is 10.3. The van der Waals surface area contributed by atoms with Gasteiger partial charge in [-0.05, 0) is 31.6 Å². The summed E-state index contributed by atoms with van der Waals surface area (Å²) in [6.07, 6.45) is 0. The number of hydrogen-bond acceptors (Lipinski definition) is 4. The number of rotatable bonds is 5. The quantitative estimate of drug-likeness (QED) is 0.680. The second-order valence-corrected chi connectivity index (χ2v) is 6.73. The molecule has 0 atom stereocenters. The molecule has 0 unspecified atom stereocenters. The monoisotopic (exact) mass is 300 g/mol. The average molecular weight is 300 g/mol. The second kappa shape index (κ2) is 6.36. The summed E-state index contributed by atoms with van der Waals surface area (Å²) in [5, 5.41) is 1.71. The first kappa shape index (κ1) is 16.3. The lowest BCUT2D eigenvalue weighted by Gasteiger charge is -2.27. The largest absolute Gasteiger partial charge is 0.461 e.